The summed E-state index contributed by atoms with van der Waals surface area (Å²) in [5, 5.41) is 3.22. The molecule has 2 aromatic rings. The maximum Gasteiger partial charge on any atom is 0.267 e. The van der Waals surface area contributed by atoms with Crippen molar-refractivity contribution in [1.82, 2.24) is 14.5 Å². The number of hydrogen-bond acceptors (Lipinski definition) is 4. The first-order valence-electron chi connectivity index (χ1n) is 5.59. The highest BCUT2D eigenvalue weighted by molar-refractivity contribution is 14.1. The quantitative estimate of drug-likeness (QED) is 0.848. The van der Waals surface area contributed by atoms with Gasteiger partial charge in [0.05, 0.1) is 22.1 Å². The molecule has 0 radical (unpaired) electrons. The molecule has 0 fully saturated rings. The Labute approximate surface area is 118 Å². The van der Waals surface area contributed by atoms with Crippen LogP contribution in [0.2, 0.25) is 0 Å². The summed E-state index contributed by atoms with van der Waals surface area (Å²) in [7, 11) is 0. The molecule has 0 bridgehead atoms. The molecule has 0 aliphatic rings. The Morgan fingerprint density at radius 3 is 3.11 bits per heavy atom. The van der Waals surface area contributed by atoms with Crippen molar-refractivity contribution < 1.29 is 0 Å². The molecule has 0 amide bonds. The third-order valence-corrected chi connectivity index (χ3v) is 3.13. The summed E-state index contributed by atoms with van der Waals surface area (Å²) in [6.45, 7) is 3.32. The maximum absolute atomic E-state index is 11.9. The average molecular weight is 356 g/mol. The Bertz CT molecular complexity index is 597. The summed E-state index contributed by atoms with van der Waals surface area (Å²) in [6, 6.07) is 3.85. The molecule has 0 atom stereocenters. The molecule has 18 heavy (non-hydrogen) atoms. The van der Waals surface area contributed by atoms with Crippen molar-refractivity contribution in [3.63, 3.8) is 0 Å². The first kappa shape index (κ1) is 13.0. The van der Waals surface area contributed by atoms with Crippen LogP contribution < -0.4 is 10.9 Å². The summed E-state index contributed by atoms with van der Waals surface area (Å²) < 4.78 is 2.16. The maximum atomic E-state index is 11.9. The molecule has 0 aliphatic carbocycles. The minimum absolute atomic E-state index is 0.0405. The van der Waals surface area contributed by atoms with Gasteiger partial charge in [-0.2, -0.15) is 0 Å². The second kappa shape index (κ2) is 5.94. The monoisotopic (exact) mass is 356 g/mol. The SMILES string of the molecule is CCNc1ccnc(Cn2cncc(I)c2=O)c1. The normalized spacial score (nSPS) is 10.3. The van der Waals surface area contributed by atoms with E-state index in [0.717, 1.165) is 17.9 Å². The minimum atomic E-state index is -0.0405. The van der Waals surface area contributed by atoms with Crippen molar-refractivity contribution in [1.29, 1.82) is 0 Å². The number of nitrogens with one attached hydrogen (secondary N) is 1. The van der Waals surface area contributed by atoms with E-state index >= 15 is 0 Å². The zero-order valence-electron chi connectivity index (χ0n) is 9.93. The van der Waals surface area contributed by atoms with E-state index in [-0.39, 0.29) is 5.56 Å². The molecule has 1 N–H and O–H groups in total. The molecule has 2 heterocycles. The van der Waals surface area contributed by atoms with Crippen molar-refractivity contribution in [2.24, 2.45) is 0 Å². The van der Waals surface area contributed by atoms with Gasteiger partial charge in [-0.05, 0) is 41.6 Å². The van der Waals surface area contributed by atoms with Gasteiger partial charge < -0.3 is 5.32 Å². The van der Waals surface area contributed by atoms with Crippen molar-refractivity contribution in [2.75, 3.05) is 11.9 Å². The minimum Gasteiger partial charge on any atom is -0.385 e. The zero-order valence-corrected chi connectivity index (χ0v) is 12.1. The summed E-state index contributed by atoms with van der Waals surface area (Å²) in [6.07, 6.45) is 4.83. The predicted octanol–water partition coefficient (Wildman–Crippen LogP) is 1.72. The van der Waals surface area contributed by atoms with Crippen LogP contribution in [0, 0.1) is 3.57 Å². The molecule has 0 aromatic carbocycles. The Hall–Kier alpha value is -1.44. The van der Waals surface area contributed by atoms with Gasteiger partial charge in [-0.1, -0.05) is 0 Å². The third-order valence-electron chi connectivity index (χ3n) is 2.39. The van der Waals surface area contributed by atoms with E-state index < -0.39 is 0 Å². The Morgan fingerprint density at radius 1 is 1.50 bits per heavy atom. The number of nitrogens with zero attached hydrogens (tertiary/aromatic N) is 3. The molecular weight excluding hydrogens is 343 g/mol. The molecule has 0 aliphatic heterocycles. The lowest BCUT2D eigenvalue weighted by Crippen LogP contribution is -2.23. The smallest absolute Gasteiger partial charge is 0.267 e. The second-order valence-corrected chi connectivity index (χ2v) is 4.90. The van der Waals surface area contributed by atoms with Crippen LogP contribution in [0.25, 0.3) is 0 Å². The van der Waals surface area contributed by atoms with Crippen LogP contribution in [-0.2, 0) is 6.54 Å². The number of pyridine rings is 1. The van der Waals surface area contributed by atoms with E-state index in [4.69, 9.17) is 0 Å². The highest BCUT2D eigenvalue weighted by Crippen LogP contribution is 2.08. The van der Waals surface area contributed by atoms with Gasteiger partial charge in [0.15, 0.2) is 0 Å². The molecular formula is C12H13IN4O. The van der Waals surface area contributed by atoms with Gasteiger partial charge >= 0.3 is 0 Å². The standard InChI is InChI=1S/C12H13IN4O/c1-2-15-9-3-4-16-10(5-9)7-17-8-14-6-11(13)12(17)18/h3-6,8H,2,7H2,1H3,(H,15,16). The lowest BCUT2D eigenvalue weighted by atomic mass is 10.3. The lowest BCUT2D eigenvalue weighted by Gasteiger charge is -2.07. The predicted molar refractivity (Wildman–Crippen MR) is 78.7 cm³/mol. The lowest BCUT2D eigenvalue weighted by molar-refractivity contribution is 0.714. The fraction of sp³-hybridized carbons (Fsp3) is 0.250. The number of hydrogen-bond donors (Lipinski definition) is 1. The van der Waals surface area contributed by atoms with Crippen LogP contribution in [0.4, 0.5) is 5.69 Å². The van der Waals surface area contributed by atoms with Crippen LogP contribution >= 0.6 is 22.6 Å². The first-order valence-corrected chi connectivity index (χ1v) is 6.67. The van der Waals surface area contributed by atoms with Gasteiger partial charge in [-0.15, -0.1) is 0 Å². The number of rotatable bonds is 4. The van der Waals surface area contributed by atoms with Crippen molar-refractivity contribution >= 4 is 28.3 Å². The summed E-state index contributed by atoms with van der Waals surface area (Å²) in [5.74, 6) is 0. The topological polar surface area (TPSA) is 59.8 Å². The van der Waals surface area contributed by atoms with E-state index in [1.807, 2.05) is 41.6 Å². The van der Waals surface area contributed by atoms with Crippen LogP contribution in [0.1, 0.15) is 12.6 Å². The molecule has 2 aromatic heterocycles. The van der Waals surface area contributed by atoms with Crippen molar-refractivity contribution in [2.45, 2.75) is 13.5 Å². The fourth-order valence-electron chi connectivity index (χ4n) is 1.59. The zero-order chi connectivity index (χ0) is 13.0. The number of aromatic nitrogens is 3. The van der Waals surface area contributed by atoms with E-state index in [2.05, 4.69) is 15.3 Å². The molecule has 94 valence electrons. The number of anilines is 1. The summed E-state index contributed by atoms with van der Waals surface area (Å²) in [5.41, 5.74) is 1.80. The molecule has 0 spiro atoms. The molecule has 0 unspecified atom stereocenters. The highest BCUT2D eigenvalue weighted by Gasteiger charge is 2.03. The van der Waals surface area contributed by atoms with Crippen molar-refractivity contribution in [3.05, 3.63) is 50.5 Å². The molecule has 6 heteroatoms. The van der Waals surface area contributed by atoms with E-state index in [9.17, 15) is 4.79 Å². The van der Waals surface area contributed by atoms with Crippen LogP contribution in [-0.4, -0.2) is 21.1 Å². The first-order chi connectivity index (χ1) is 8.70. The Morgan fingerprint density at radius 2 is 2.33 bits per heavy atom. The van der Waals surface area contributed by atoms with Crippen LogP contribution in [0.5, 0.6) is 0 Å². The van der Waals surface area contributed by atoms with E-state index in [0.29, 0.717) is 10.1 Å². The van der Waals surface area contributed by atoms with Crippen LogP contribution in [0.3, 0.4) is 0 Å². The summed E-state index contributed by atoms with van der Waals surface area (Å²) >= 11 is 1.98. The molecule has 2 rings (SSSR count). The Balaban J connectivity index is 2.26. The largest absolute Gasteiger partial charge is 0.385 e. The average Bonchev–Trinajstić information content (AvgIpc) is 2.36. The van der Waals surface area contributed by atoms with E-state index in [1.54, 1.807) is 17.0 Å². The second-order valence-electron chi connectivity index (χ2n) is 3.74. The van der Waals surface area contributed by atoms with Crippen LogP contribution in [0.15, 0.2) is 35.6 Å². The van der Waals surface area contributed by atoms with Gasteiger partial charge in [0.2, 0.25) is 0 Å². The van der Waals surface area contributed by atoms with E-state index in [1.165, 1.54) is 6.33 Å². The molecule has 5 nitrogen and oxygen atoms in total. The highest BCUT2D eigenvalue weighted by atomic mass is 127. The van der Waals surface area contributed by atoms with Gasteiger partial charge in [0.1, 0.15) is 0 Å². The summed E-state index contributed by atoms with van der Waals surface area (Å²) in [4.78, 5) is 20.1. The third kappa shape index (κ3) is 3.06. The molecule has 0 saturated heterocycles. The fourth-order valence-corrected chi connectivity index (χ4v) is 2.06. The number of halogens is 1. The van der Waals surface area contributed by atoms with Gasteiger partial charge in [-0.25, -0.2) is 4.98 Å². The molecule has 0 saturated carbocycles. The van der Waals surface area contributed by atoms with Gasteiger partial charge in [0.25, 0.3) is 5.56 Å². The van der Waals surface area contributed by atoms with Gasteiger partial charge in [0, 0.05) is 24.6 Å². The Kier molecular flexibility index (Phi) is 4.29. The van der Waals surface area contributed by atoms with Crippen molar-refractivity contribution in [3.8, 4) is 0 Å². The van der Waals surface area contributed by atoms with Gasteiger partial charge in [-0.3, -0.25) is 14.3 Å².